The molecule has 1 saturated heterocycles. The van der Waals surface area contributed by atoms with Crippen molar-refractivity contribution in [2.24, 2.45) is 0 Å². The number of carbonyl (C=O) groups excluding carboxylic acids is 3. The summed E-state index contributed by atoms with van der Waals surface area (Å²) in [6.07, 6.45) is 7.88. The van der Waals surface area contributed by atoms with E-state index in [1.807, 2.05) is 6.92 Å². The van der Waals surface area contributed by atoms with Gasteiger partial charge in [0.05, 0.1) is 18.8 Å². The summed E-state index contributed by atoms with van der Waals surface area (Å²) < 4.78 is 21.4. The van der Waals surface area contributed by atoms with Gasteiger partial charge in [-0.2, -0.15) is 0 Å². The van der Waals surface area contributed by atoms with Gasteiger partial charge in [-0.05, 0) is 73.7 Å². The van der Waals surface area contributed by atoms with Crippen LogP contribution in [-0.4, -0.2) is 37.2 Å². The Labute approximate surface area is 211 Å². The molecule has 2 aromatic rings. The summed E-state index contributed by atoms with van der Waals surface area (Å²) in [5.41, 5.74) is 1.74. The maximum absolute atomic E-state index is 12.4. The monoisotopic (exact) mass is 492 g/mol. The zero-order valence-electron chi connectivity index (χ0n) is 20.6. The van der Waals surface area contributed by atoms with E-state index in [0.717, 1.165) is 37.7 Å². The summed E-state index contributed by atoms with van der Waals surface area (Å²) >= 11 is 0. The fourth-order valence-electron chi connectivity index (χ4n) is 3.49. The zero-order chi connectivity index (χ0) is 25.8. The maximum Gasteiger partial charge on any atom is 0.343 e. The van der Waals surface area contributed by atoms with Gasteiger partial charge in [0.2, 0.25) is 0 Å². The van der Waals surface area contributed by atoms with Crippen molar-refractivity contribution in [3.05, 3.63) is 77.9 Å². The molecule has 190 valence electrons. The van der Waals surface area contributed by atoms with Gasteiger partial charge in [0.25, 0.3) is 0 Å². The summed E-state index contributed by atoms with van der Waals surface area (Å²) in [6, 6.07) is 13.6. The highest BCUT2D eigenvalue weighted by atomic mass is 16.6. The lowest BCUT2D eigenvalue weighted by Gasteiger charge is -2.10. The van der Waals surface area contributed by atoms with Gasteiger partial charge in [-0.3, -0.25) is 0 Å². The smallest absolute Gasteiger partial charge is 0.343 e. The van der Waals surface area contributed by atoms with Crippen molar-refractivity contribution in [1.29, 1.82) is 0 Å². The first kappa shape index (κ1) is 26.7. The molecule has 1 fully saturated rings. The molecular weight excluding hydrogens is 460 g/mol. The fourth-order valence-corrected chi connectivity index (χ4v) is 3.49. The first-order valence-corrected chi connectivity index (χ1v) is 12.2. The minimum atomic E-state index is -0.475. The molecule has 0 N–H and O–H groups in total. The largest absolute Gasteiger partial charge is 0.494 e. The van der Waals surface area contributed by atoms with E-state index in [0.29, 0.717) is 42.3 Å². The van der Waals surface area contributed by atoms with Gasteiger partial charge in [-0.1, -0.05) is 32.1 Å². The average molecular weight is 493 g/mol. The van der Waals surface area contributed by atoms with E-state index < -0.39 is 5.97 Å². The number of benzene rings is 2. The molecule has 2 aromatic carbocycles. The highest BCUT2D eigenvalue weighted by molar-refractivity contribution is 5.91. The van der Waals surface area contributed by atoms with Crippen LogP contribution in [0.5, 0.6) is 11.5 Å². The van der Waals surface area contributed by atoms with E-state index >= 15 is 0 Å². The molecule has 0 radical (unpaired) electrons. The third kappa shape index (κ3) is 8.73. The van der Waals surface area contributed by atoms with E-state index in [2.05, 4.69) is 6.58 Å². The SMILES string of the molecule is C=C1CC(CCCCOc2ccc(C(=O)Oc3ccc(C=CC(=O)OCCCC)cc3)cc2)OC1=O. The van der Waals surface area contributed by atoms with Crippen LogP contribution in [-0.2, 0) is 19.1 Å². The van der Waals surface area contributed by atoms with Crippen LogP contribution in [0.25, 0.3) is 6.08 Å². The molecule has 1 unspecified atom stereocenters. The minimum absolute atomic E-state index is 0.0675. The molecule has 0 saturated carbocycles. The molecule has 1 atom stereocenters. The van der Waals surface area contributed by atoms with Crippen molar-refractivity contribution >= 4 is 24.0 Å². The van der Waals surface area contributed by atoms with E-state index in [1.54, 1.807) is 54.6 Å². The highest BCUT2D eigenvalue weighted by Crippen LogP contribution is 2.23. The van der Waals surface area contributed by atoms with Gasteiger partial charge in [-0.15, -0.1) is 0 Å². The Morgan fingerprint density at radius 2 is 1.72 bits per heavy atom. The molecule has 0 aromatic heterocycles. The number of unbranched alkanes of at least 4 members (excludes halogenated alkanes) is 2. The first-order chi connectivity index (χ1) is 17.4. The van der Waals surface area contributed by atoms with Crippen LogP contribution < -0.4 is 9.47 Å². The van der Waals surface area contributed by atoms with Crippen molar-refractivity contribution in [2.75, 3.05) is 13.2 Å². The van der Waals surface area contributed by atoms with Crippen LogP contribution in [0.1, 0.15) is 61.4 Å². The molecule has 0 bridgehead atoms. The lowest BCUT2D eigenvalue weighted by atomic mass is 10.1. The summed E-state index contributed by atoms with van der Waals surface area (Å²) in [7, 11) is 0. The third-order valence-corrected chi connectivity index (χ3v) is 5.56. The van der Waals surface area contributed by atoms with Gasteiger partial charge in [0.15, 0.2) is 0 Å². The van der Waals surface area contributed by atoms with Crippen molar-refractivity contribution < 1.29 is 33.3 Å². The quantitative estimate of drug-likeness (QED) is 0.154. The molecule has 0 aliphatic carbocycles. The standard InChI is InChI=1S/C29H32O7/c1-3-4-18-34-27(30)17-10-22-8-13-25(14-9-22)35-29(32)23-11-15-24(16-12-23)33-19-6-5-7-26-20-21(2)28(31)36-26/h8-17,26H,2-7,18-20H2,1H3. The molecule has 0 spiro atoms. The summed E-state index contributed by atoms with van der Waals surface area (Å²) in [4.78, 5) is 35.4. The predicted octanol–water partition coefficient (Wildman–Crippen LogP) is 5.68. The average Bonchev–Trinajstić information content (AvgIpc) is 3.20. The third-order valence-electron chi connectivity index (χ3n) is 5.56. The fraction of sp³-hybridized carbons (Fsp3) is 0.345. The molecule has 7 nitrogen and oxygen atoms in total. The van der Waals surface area contributed by atoms with Crippen LogP contribution in [0, 0.1) is 0 Å². The van der Waals surface area contributed by atoms with Crippen LogP contribution in [0.4, 0.5) is 0 Å². The number of ether oxygens (including phenoxy) is 4. The van der Waals surface area contributed by atoms with E-state index in [-0.39, 0.29) is 18.0 Å². The molecule has 7 heteroatoms. The normalized spacial score (nSPS) is 15.1. The van der Waals surface area contributed by atoms with Gasteiger partial charge in [0.1, 0.15) is 17.6 Å². The molecule has 1 aliphatic rings. The Balaban J connectivity index is 1.37. The Kier molecular flexibility index (Phi) is 10.3. The first-order valence-electron chi connectivity index (χ1n) is 12.2. The number of cyclic esters (lactones) is 1. The molecule has 1 aliphatic heterocycles. The summed E-state index contributed by atoms with van der Waals surface area (Å²) in [5, 5.41) is 0. The van der Waals surface area contributed by atoms with Gasteiger partial charge in [0, 0.05) is 18.1 Å². The van der Waals surface area contributed by atoms with E-state index in [4.69, 9.17) is 18.9 Å². The Hall–Kier alpha value is -3.87. The Bertz CT molecular complexity index is 1050. The number of rotatable bonds is 13. The maximum atomic E-state index is 12.4. The number of hydrogen-bond acceptors (Lipinski definition) is 7. The second kappa shape index (κ2) is 13.9. The minimum Gasteiger partial charge on any atom is -0.494 e. The lowest BCUT2D eigenvalue weighted by Crippen LogP contribution is -2.09. The van der Waals surface area contributed by atoms with Crippen LogP contribution in [0.3, 0.4) is 0 Å². The molecule has 36 heavy (non-hydrogen) atoms. The summed E-state index contributed by atoms with van der Waals surface area (Å²) in [5.74, 6) is -0.0803. The second-order valence-corrected chi connectivity index (χ2v) is 8.52. The Morgan fingerprint density at radius 3 is 2.39 bits per heavy atom. The van der Waals surface area contributed by atoms with Crippen LogP contribution in [0.2, 0.25) is 0 Å². The van der Waals surface area contributed by atoms with E-state index in [9.17, 15) is 14.4 Å². The molecule has 3 rings (SSSR count). The Morgan fingerprint density at radius 1 is 1.00 bits per heavy atom. The van der Waals surface area contributed by atoms with Crippen molar-refractivity contribution in [2.45, 2.75) is 51.6 Å². The number of esters is 3. The van der Waals surface area contributed by atoms with Gasteiger partial charge in [-0.25, -0.2) is 14.4 Å². The highest BCUT2D eigenvalue weighted by Gasteiger charge is 2.26. The van der Waals surface area contributed by atoms with Gasteiger partial charge < -0.3 is 18.9 Å². The van der Waals surface area contributed by atoms with E-state index in [1.165, 1.54) is 6.08 Å². The van der Waals surface area contributed by atoms with Gasteiger partial charge >= 0.3 is 17.9 Å². The van der Waals surface area contributed by atoms with Crippen molar-refractivity contribution in [3.63, 3.8) is 0 Å². The van der Waals surface area contributed by atoms with Crippen LogP contribution >= 0.6 is 0 Å². The number of hydrogen-bond donors (Lipinski definition) is 0. The number of carbonyl (C=O) groups is 3. The molecule has 0 amide bonds. The zero-order valence-corrected chi connectivity index (χ0v) is 20.6. The lowest BCUT2D eigenvalue weighted by molar-refractivity contribution is -0.139. The second-order valence-electron chi connectivity index (χ2n) is 8.52. The topological polar surface area (TPSA) is 88.1 Å². The molecular formula is C29H32O7. The van der Waals surface area contributed by atoms with Crippen LogP contribution in [0.15, 0.2) is 66.8 Å². The predicted molar refractivity (Wildman–Crippen MR) is 136 cm³/mol. The molecule has 1 heterocycles. The van der Waals surface area contributed by atoms with Crippen molar-refractivity contribution in [3.8, 4) is 11.5 Å². The van der Waals surface area contributed by atoms with Crippen molar-refractivity contribution in [1.82, 2.24) is 0 Å². The summed E-state index contributed by atoms with van der Waals surface area (Å²) in [6.45, 7) is 6.67.